The third-order valence-electron chi connectivity index (χ3n) is 4.48. The third kappa shape index (κ3) is 4.18. The van der Waals surface area contributed by atoms with Gasteiger partial charge in [0.25, 0.3) is 0 Å². The summed E-state index contributed by atoms with van der Waals surface area (Å²) in [6.45, 7) is 4.62. The molecule has 2 aliphatic rings. The number of thiazole rings is 1. The molecule has 1 aromatic heterocycles. The standard InChI is InChI=1S/C15H21F3N4OS/c16-15(17,18)12-10-19-14(24-12)22-8-6-20(7-9-22)11-13(23)21-4-2-1-3-5-21/h10H,1-9,11H2. The summed E-state index contributed by atoms with van der Waals surface area (Å²) in [5.41, 5.74) is 0. The highest BCUT2D eigenvalue weighted by Gasteiger charge is 2.34. The number of aromatic nitrogens is 1. The number of alkyl halides is 3. The Morgan fingerprint density at radius 3 is 2.33 bits per heavy atom. The highest BCUT2D eigenvalue weighted by molar-refractivity contribution is 7.15. The lowest BCUT2D eigenvalue weighted by Crippen LogP contribution is -2.50. The fourth-order valence-electron chi connectivity index (χ4n) is 3.07. The second-order valence-corrected chi connectivity index (χ2v) is 7.22. The summed E-state index contributed by atoms with van der Waals surface area (Å²) >= 11 is 0.680. The van der Waals surface area contributed by atoms with Crippen molar-refractivity contribution < 1.29 is 18.0 Å². The van der Waals surface area contributed by atoms with E-state index in [1.165, 1.54) is 6.42 Å². The molecule has 2 aliphatic heterocycles. The molecule has 134 valence electrons. The Morgan fingerprint density at radius 2 is 1.75 bits per heavy atom. The average molecular weight is 362 g/mol. The Balaban J connectivity index is 1.48. The minimum atomic E-state index is -4.33. The SMILES string of the molecule is O=C(CN1CCN(c2ncc(C(F)(F)F)s2)CC1)N1CCCCC1. The number of hydrogen-bond acceptors (Lipinski definition) is 5. The molecule has 24 heavy (non-hydrogen) atoms. The first kappa shape index (κ1) is 17.5. The smallest absolute Gasteiger partial charge is 0.346 e. The molecule has 0 spiro atoms. The second-order valence-electron chi connectivity index (χ2n) is 6.21. The zero-order valence-electron chi connectivity index (χ0n) is 13.4. The first-order valence-corrected chi connectivity index (χ1v) is 9.03. The summed E-state index contributed by atoms with van der Waals surface area (Å²) in [4.78, 5) is 21.4. The molecule has 0 aliphatic carbocycles. The van der Waals surface area contributed by atoms with Crippen LogP contribution >= 0.6 is 11.3 Å². The van der Waals surface area contributed by atoms with Crippen molar-refractivity contribution in [3.05, 3.63) is 11.1 Å². The number of carbonyl (C=O) groups excluding carboxylic acids is 1. The monoisotopic (exact) mass is 362 g/mol. The van der Waals surface area contributed by atoms with E-state index in [4.69, 9.17) is 0 Å². The minimum Gasteiger partial charge on any atom is -0.346 e. The number of halogens is 3. The zero-order valence-corrected chi connectivity index (χ0v) is 14.2. The van der Waals surface area contributed by atoms with E-state index in [-0.39, 0.29) is 5.91 Å². The van der Waals surface area contributed by atoms with Gasteiger partial charge in [0.1, 0.15) is 4.88 Å². The van der Waals surface area contributed by atoms with Gasteiger partial charge in [-0.2, -0.15) is 13.2 Å². The molecule has 0 atom stereocenters. The molecule has 2 fully saturated rings. The molecule has 2 saturated heterocycles. The van der Waals surface area contributed by atoms with Crippen molar-refractivity contribution >= 4 is 22.4 Å². The van der Waals surface area contributed by atoms with Gasteiger partial charge in [0.15, 0.2) is 5.13 Å². The quantitative estimate of drug-likeness (QED) is 0.827. The molecule has 5 nitrogen and oxygen atoms in total. The van der Waals surface area contributed by atoms with Crippen LogP contribution in [0, 0.1) is 0 Å². The van der Waals surface area contributed by atoms with Gasteiger partial charge in [-0.25, -0.2) is 4.98 Å². The lowest BCUT2D eigenvalue weighted by atomic mass is 10.1. The van der Waals surface area contributed by atoms with Crippen LogP contribution in [0.2, 0.25) is 0 Å². The van der Waals surface area contributed by atoms with Crippen LogP contribution in [-0.2, 0) is 11.0 Å². The van der Waals surface area contributed by atoms with E-state index in [1.54, 1.807) is 0 Å². The van der Waals surface area contributed by atoms with Gasteiger partial charge in [-0.3, -0.25) is 9.69 Å². The highest BCUT2D eigenvalue weighted by atomic mass is 32.1. The van der Waals surface area contributed by atoms with Gasteiger partial charge < -0.3 is 9.80 Å². The molecule has 0 unspecified atom stereocenters. The number of anilines is 1. The number of rotatable bonds is 3. The molecule has 0 aromatic carbocycles. The van der Waals surface area contributed by atoms with Crippen LogP contribution in [0.4, 0.5) is 18.3 Å². The number of amides is 1. The molecule has 0 radical (unpaired) electrons. The first-order valence-electron chi connectivity index (χ1n) is 8.21. The van der Waals surface area contributed by atoms with Gasteiger partial charge in [-0.1, -0.05) is 11.3 Å². The Morgan fingerprint density at radius 1 is 1.08 bits per heavy atom. The van der Waals surface area contributed by atoms with Gasteiger partial charge in [-0.15, -0.1) is 0 Å². The van der Waals surface area contributed by atoms with Crippen molar-refractivity contribution in [2.24, 2.45) is 0 Å². The Kier molecular flexibility index (Phi) is 5.29. The summed E-state index contributed by atoms with van der Waals surface area (Å²) in [7, 11) is 0. The van der Waals surface area contributed by atoms with E-state index in [0.717, 1.165) is 32.1 Å². The highest BCUT2D eigenvalue weighted by Crippen LogP contribution is 2.36. The maximum atomic E-state index is 12.7. The Hall–Kier alpha value is -1.35. The number of nitrogens with zero attached hydrogens (tertiary/aromatic N) is 4. The van der Waals surface area contributed by atoms with Crippen LogP contribution < -0.4 is 4.90 Å². The van der Waals surface area contributed by atoms with Gasteiger partial charge in [0, 0.05) is 39.3 Å². The molecule has 0 bridgehead atoms. The summed E-state index contributed by atoms with van der Waals surface area (Å²) in [6.07, 6.45) is -0.1000. The fourth-order valence-corrected chi connectivity index (χ4v) is 3.91. The van der Waals surface area contributed by atoms with Crippen LogP contribution in [0.5, 0.6) is 0 Å². The van der Waals surface area contributed by atoms with Crippen LogP contribution in [-0.4, -0.2) is 66.5 Å². The molecular formula is C15H21F3N4OS. The maximum absolute atomic E-state index is 12.7. The third-order valence-corrected chi connectivity index (χ3v) is 5.59. The fraction of sp³-hybridized carbons (Fsp3) is 0.733. The summed E-state index contributed by atoms with van der Waals surface area (Å²) in [5.74, 6) is 0.164. The molecule has 0 saturated carbocycles. The van der Waals surface area contributed by atoms with Crippen molar-refractivity contribution in [1.29, 1.82) is 0 Å². The van der Waals surface area contributed by atoms with Crippen LogP contribution in [0.15, 0.2) is 6.20 Å². The van der Waals surface area contributed by atoms with Crippen molar-refractivity contribution in [2.75, 3.05) is 50.7 Å². The summed E-state index contributed by atoms with van der Waals surface area (Å²) < 4.78 is 38.0. The van der Waals surface area contributed by atoms with Gasteiger partial charge >= 0.3 is 6.18 Å². The average Bonchev–Trinajstić information content (AvgIpc) is 3.07. The zero-order chi connectivity index (χ0) is 17.2. The van der Waals surface area contributed by atoms with E-state index in [1.807, 2.05) is 9.80 Å². The summed E-state index contributed by atoms with van der Waals surface area (Å²) in [5, 5.41) is 0.407. The predicted octanol–water partition coefficient (Wildman–Crippen LogP) is 2.30. The van der Waals surface area contributed by atoms with E-state index < -0.39 is 11.1 Å². The Bertz CT molecular complexity index is 563. The Labute approximate surface area is 143 Å². The first-order chi connectivity index (χ1) is 11.4. The number of piperazine rings is 1. The van der Waals surface area contributed by atoms with Gasteiger partial charge in [-0.05, 0) is 19.3 Å². The number of likely N-dealkylation sites (tertiary alicyclic amines) is 1. The predicted molar refractivity (Wildman–Crippen MR) is 86.2 cm³/mol. The molecule has 3 heterocycles. The van der Waals surface area contributed by atoms with Crippen LogP contribution in [0.1, 0.15) is 24.1 Å². The molecule has 9 heteroatoms. The van der Waals surface area contributed by atoms with E-state index in [9.17, 15) is 18.0 Å². The van der Waals surface area contributed by atoms with Crippen LogP contribution in [0.25, 0.3) is 0 Å². The van der Waals surface area contributed by atoms with Crippen LogP contribution in [0.3, 0.4) is 0 Å². The minimum absolute atomic E-state index is 0.164. The molecule has 0 N–H and O–H groups in total. The lowest BCUT2D eigenvalue weighted by Gasteiger charge is -2.35. The molecule has 1 aromatic rings. The van der Waals surface area contributed by atoms with Gasteiger partial charge in [0.05, 0.1) is 12.7 Å². The van der Waals surface area contributed by atoms with E-state index >= 15 is 0 Å². The van der Waals surface area contributed by atoms with E-state index in [2.05, 4.69) is 9.88 Å². The van der Waals surface area contributed by atoms with E-state index in [0.29, 0.717) is 49.2 Å². The lowest BCUT2D eigenvalue weighted by molar-refractivity contribution is -0.134. The topological polar surface area (TPSA) is 39.7 Å². The molecular weight excluding hydrogens is 341 g/mol. The normalized spacial score (nSPS) is 20.5. The largest absolute Gasteiger partial charge is 0.427 e. The maximum Gasteiger partial charge on any atom is 0.427 e. The number of piperidine rings is 1. The molecule has 1 amide bonds. The van der Waals surface area contributed by atoms with Crippen molar-refractivity contribution in [1.82, 2.24) is 14.8 Å². The van der Waals surface area contributed by atoms with Crippen molar-refractivity contribution in [3.8, 4) is 0 Å². The van der Waals surface area contributed by atoms with Crippen molar-refractivity contribution in [2.45, 2.75) is 25.4 Å². The number of hydrogen-bond donors (Lipinski definition) is 0. The second kappa shape index (κ2) is 7.26. The number of carbonyl (C=O) groups is 1. The molecule has 3 rings (SSSR count). The summed E-state index contributed by atoms with van der Waals surface area (Å²) in [6, 6.07) is 0. The van der Waals surface area contributed by atoms with Gasteiger partial charge in [0.2, 0.25) is 5.91 Å². The van der Waals surface area contributed by atoms with Crippen molar-refractivity contribution in [3.63, 3.8) is 0 Å².